The monoisotopic (exact) mass is 356 g/mol. The molecule has 6 heteroatoms. The van der Waals surface area contributed by atoms with E-state index in [9.17, 15) is 9.59 Å². The first kappa shape index (κ1) is 21.7. The number of hydrogen-bond donors (Lipinski definition) is 0. The van der Waals surface area contributed by atoms with Gasteiger partial charge in [0.1, 0.15) is 5.60 Å². The number of unbranched alkanes of at least 4 members (excludes halogenated alkanes) is 4. The van der Waals surface area contributed by atoms with Crippen molar-refractivity contribution < 1.29 is 19.1 Å². The van der Waals surface area contributed by atoms with E-state index in [4.69, 9.17) is 9.47 Å². The van der Waals surface area contributed by atoms with Gasteiger partial charge in [-0.2, -0.15) is 0 Å². The Morgan fingerprint density at radius 1 is 0.920 bits per heavy atom. The molecule has 1 aliphatic rings. The fourth-order valence-electron chi connectivity index (χ4n) is 2.85. The zero-order valence-electron chi connectivity index (χ0n) is 16.5. The van der Waals surface area contributed by atoms with Crippen molar-refractivity contribution in [2.75, 3.05) is 39.3 Å². The zero-order valence-corrected chi connectivity index (χ0v) is 16.5. The second kappa shape index (κ2) is 11.3. The van der Waals surface area contributed by atoms with E-state index in [-0.39, 0.29) is 12.1 Å². The van der Waals surface area contributed by atoms with Gasteiger partial charge in [-0.3, -0.25) is 9.69 Å². The Bertz CT molecular complexity index is 399. The Morgan fingerprint density at radius 3 is 2.12 bits per heavy atom. The fraction of sp³-hybridized carbons (Fsp3) is 0.895. The van der Waals surface area contributed by atoms with Crippen LogP contribution in [0.15, 0.2) is 0 Å². The highest BCUT2D eigenvalue weighted by Crippen LogP contribution is 2.13. The summed E-state index contributed by atoms with van der Waals surface area (Å²) >= 11 is 0. The van der Waals surface area contributed by atoms with Crippen LogP contribution in [-0.4, -0.2) is 66.8 Å². The predicted molar refractivity (Wildman–Crippen MR) is 98.6 cm³/mol. The summed E-state index contributed by atoms with van der Waals surface area (Å²) in [6.07, 6.45) is 5.88. The molecule has 0 unspecified atom stereocenters. The molecule has 0 radical (unpaired) electrons. The lowest BCUT2D eigenvalue weighted by molar-refractivity contribution is -0.143. The number of piperazine rings is 1. The maximum absolute atomic E-state index is 12.0. The van der Waals surface area contributed by atoms with Gasteiger partial charge >= 0.3 is 12.1 Å². The van der Waals surface area contributed by atoms with Crippen LogP contribution in [0.3, 0.4) is 0 Å². The van der Waals surface area contributed by atoms with Crippen molar-refractivity contribution in [3.05, 3.63) is 0 Å². The van der Waals surface area contributed by atoms with Crippen molar-refractivity contribution in [2.45, 2.75) is 71.8 Å². The first-order valence-electron chi connectivity index (χ1n) is 9.67. The topological polar surface area (TPSA) is 59.1 Å². The normalized spacial score (nSPS) is 15.9. The highest BCUT2D eigenvalue weighted by atomic mass is 16.6. The van der Waals surface area contributed by atoms with Crippen LogP contribution >= 0.6 is 0 Å². The molecule has 1 aliphatic heterocycles. The summed E-state index contributed by atoms with van der Waals surface area (Å²) in [7, 11) is 0. The zero-order chi connectivity index (χ0) is 18.7. The van der Waals surface area contributed by atoms with Crippen molar-refractivity contribution in [1.29, 1.82) is 0 Å². The minimum atomic E-state index is -0.429. The third-order valence-corrected chi connectivity index (χ3v) is 4.18. The van der Waals surface area contributed by atoms with Gasteiger partial charge in [0.2, 0.25) is 0 Å². The highest BCUT2D eigenvalue weighted by molar-refractivity contribution is 5.69. The highest BCUT2D eigenvalue weighted by Gasteiger charge is 2.25. The minimum absolute atomic E-state index is 0.0784. The Hall–Kier alpha value is -1.30. The number of rotatable bonds is 9. The number of amides is 1. The lowest BCUT2D eigenvalue weighted by Gasteiger charge is -2.35. The first-order chi connectivity index (χ1) is 11.8. The molecule has 0 N–H and O–H groups in total. The summed E-state index contributed by atoms with van der Waals surface area (Å²) in [5, 5.41) is 0. The van der Waals surface area contributed by atoms with Crippen LogP contribution in [0.4, 0.5) is 4.79 Å². The van der Waals surface area contributed by atoms with Crippen molar-refractivity contribution in [3.8, 4) is 0 Å². The SMILES string of the molecule is CCOC(=O)CCCCCCCN1CCN(C(=O)OC(C)(C)C)CC1. The minimum Gasteiger partial charge on any atom is -0.466 e. The molecular weight excluding hydrogens is 320 g/mol. The largest absolute Gasteiger partial charge is 0.466 e. The molecule has 0 saturated carbocycles. The molecule has 1 heterocycles. The van der Waals surface area contributed by atoms with Crippen LogP contribution < -0.4 is 0 Å². The Kier molecular flexibility index (Phi) is 9.86. The number of hydrogen-bond acceptors (Lipinski definition) is 5. The van der Waals surface area contributed by atoms with Crippen molar-refractivity contribution in [1.82, 2.24) is 9.80 Å². The van der Waals surface area contributed by atoms with E-state index in [0.29, 0.717) is 13.0 Å². The molecule has 146 valence electrons. The van der Waals surface area contributed by atoms with Gasteiger partial charge in [-0.1, -0.05) is 19.3 Å². The van der Waals surface area contributed by atoms with Crippen molar-refractivity contribution in [3.63, 3.8) is 0 Å². The number of carbonyl (C=O) groups is 2. The molecular formula is C19H36N2O4. The Morgan fingerprint density at radius 2 is 1.52 bits per heavy atom. The Labute approximate surface area is 152 Å². The maximum atomic E-state index is 12.0. The molecule has 25 heavy (non-hydrogen) atoms. The van der Waals surface area contributed by atoms with E-state index in [1.807, 2.05) is 27.7 Å². The molecule has 0 aromatic carbocycles. The van der Waals surface area contributed by atoms with E-state index < -0.39 is 5.60 Å². The van der Waals surface area contributed by atoms with Gasteiger partial charge in [-0.05, 0) is 47.1 Å². The standard InChI is InChI=1S/C19H36N2O4/c1-5-24-17(22)11-9-7-6-8-10-12-20-13-15-21(16-14-20)18(23)25-19(2,3)4/h5-16H2,1-4H3. The molecule has 1 rings (SSSR count). The maximum Gasteiger partial charge on any atom is 0.410 e. The second-order valence-corrected chi connectivity index (χ2v) is 7.63. The molecule has 1 fully saturated rings. The third-order valence-electron chi connectivity index (χ3n) is 4.18. The number of carbonyl (C=O) groups excluding carboxylic acids is 2. The van der Waals surface area contributed by atoms with Gasteiger partial charge in [-0.25, -0.2) is 4.79 Å². The molecule has 1 amide bonds. The van der Waals surface area contributed by atoms with E-state index >= 15 is 0 Å². The van der Waals surface area contributed by atoms with Crippen LogP contribution in [0.2, 0.25) is 0 Å². The van der Waals surface area contributed by atoms with Gasteiger partial charge in [-0.15, -0.1) is 0 Å². The number of nitrogens with zero attached hydrogens (tertiary/aromatic N) is 2. The van der Waals surface area contributed by atoms with Crippen LogP contribution in [0, 0.1) is 0 Å². The molecule has 0 aromatic heterocycles. The van der Waals surface area contributed by atoms with E-state index in [2.05, 4.69) is 4.90 Å². The predicted octanol–water partition coefficient (Wildman–Crippen LogP) is 3.44. The fourth-order valence-corrected chi connectivity index (χ4v) is 2.85. The summed E-state index contributed by atoms with van der Waals surface area (Å²) in [6.45, 7) is 12.4. The van der Waals surface area contributed by atoms with E-state index in [1.54, 1.807) is 4.90 Å². The van der Waals surface area contributed by atoms with Gasteiger partial charge < -0.3 is 14.4 Å². The lowest BCUT2D eigenvalue weighted by atomic mass is 10.1. The van der Waals surface area contributed by atoms with Gasteiger partial charge in [0.15, 0.2) is 0 Å². The summed E-state index contributed by atoms with van der Waals surface area (Å²) in [5.41, 5.74) is -0.429. The summed E-state index contributed by atoms with van der Waals surface area (Å²) < 4.78 is 10.3. The number of esters is 1. The summed E-state index contributed by atoms with van der Waals surface area (Å²) in [5.74, 6) is -0.0784. The Balaban J connectivity index is 2.02. The van der Waals surface area contributed by atoms with Crippen LogP contribution in [0.25, 0.3) is 0 Å². The van der Waals surface area contributed by atoms with Gasteiger partial charge in [0.25, 0.3) is 0 Å². The van der Waals surface area contributed by atoms with E-state index in [1.165, 1.54) is 12.8 Å². The average molecular weight is 357 g/mol. The molecule has 0 atom stereocenters. The summed E-state index contributed by atoms with van der Waals surface area (Å²) in [4.78, 5) is 27.5. The first-order valence-corrected chi connectivity index (χ1v) is 9.67. The van der Waals surface area contributed by atoms with Gasteiger partial charge in [0, 0.05) is 32.6 Å². The summed E-state index contributed by atoms with van der Waals surface area (Å²) in [6, 6.07) is 0. The van der Waals surface area contributed by atoms with Crippen molar-refractivity contribution in [2.24, 2.45) is 0 Å². The molecule has 0 spiro atoms. The van der Waals surface area contributed by atoms with Crippen LogP contribution in [0.5, 0.6) is 0 Å². The smallest absolute Gasteiger partial charge is 0.410 e. The lowest BCUT2D eigenvalue weighted by Crippen LogP contribution is -2.50. The molecule has 0 aromatic rings. The average Bonchev–Trinajstić information content (AvgIpc) is 2.53. The number of ether oxygens (including phenoxy) is 2. The molecule has 6 nitrogen and oxygen atoms in total. The van der Waals surface area contributed by atoms with Crippen molar-refractivity contribution >= 4 is 12.1 Å². The molecule has 0 bridgehead atoms. The molecule has 0 aliphatic carbocycles. The quantitative estimate of drug-likeness (QED) is 0.468. The second-order valence-electron chi connectivity index (χ2n) is 7.63. The third kappa shape index (κ3) is 10.3. The van der Waals surface area contributed by atoms with Crippen LogP contribution in [0.1, 0.15) is 66.2 Å². The van der Waals surface area contributed by atoms with Gasteiger partial charge in [0.05, 0.1) is 6.61 Å². The van der Waals surface area contributed by atoms with Crippen LogP contribution in [-0.2, 0) is 14.3 Å². The van der Waals surface area contributed by atoms with E-state index in [0.717, 1.165) is 52.0 Å². The molecule has 1 saturated heterocycles.